The molecular formula is C21H23N3O3S2. The average Bonchev–Trinajstić information content (AvgIpc) is 3.27. The number of benzene rings is 2. The fraction of sp³-hybridized carbons (Fsp3) is 0.286. The number of ether oxygens (including phenoxy) is 1. The molecule has 0 bridgehead atoms. The standard InChI is InChI=1S/C21H23N3O3S2/c1-13-11-19(14(2)15(3)20(13)27-4)29(25,26)23-17-7-5-16(6-8-17)18-12-24-9-10-28-21(24)22-18/h5-8,11-12,23H,9-10H2,1-4H3. The highest BCUT2D eigenvalue weighted by atomic mass is 32.2. The number of imidazole rings is 1. The van der Waals surface area contributed by atoms with Gasteiger partial charge in [-0.15, -0.1) is 0 Å². The van der Waals surface area contributed by atoms with Gasteiger partial charge in [0.15, 0.2) is 5.16 Å². The van der Waals surface area contributed by atoms with Crippen LogP contribution in [0.25, 0.3) is 11.3 Å². The molecule has 8 heteroatoms. The second-order valence-corrected chi connectivity index (χ2v) is 9.82. The summed E-state index contributed by atoms with van der Waals surface area (Å²) in [6.45, 7) is 6.49. The molecule has 1 aliphatic rings. The van der Waals surface area contributed by atoms with Gasteiger partial charge in [-0.05, 0) is 55.7 Å². The summed E-state index contributed by atoms with van der Waals surface area (Å²) in [5.41, 5.74) is 4.68. The van der Waals surface area contributed by atoms with Crippen molar-refractivity contribution in [1.82, 2.24) is 9.55 Å². The molecule has 0 saturated carbocycles. The van der Waals surface area contributed by atoms with Gasteiger partial charge in [0.1, 0.15) is 5.75 Å². The minimum Gasteiger partial charge on any atom is -0.496 e. The molecule has 1 aromatic heterocycles. The first-order chi connectivity index (χ1) is 13.8. The number of fused-ring (bicyclic) bond motifs is 1. The Labute approximate surface area is 175 Å². The number of rotatable bonds is 5. The normalized spacial score (nSPS) is 13.4. The SMILES string of the molecule is COc1c(C)cc(S(=O)(=O)Nc2ccc(-c3cn4c(n3)SCC4)cc2)c(C)c1C. The van der Waals surface area contributed by atoms with Crippen LogP contribution in [0.15, 0.2) is 46.6 Å². The smallest absolute Gasteiger partial charge is 0.262 e. The maximum absolute atomic E-state index is 13.0. The summed E-state index contributed by atoms with van der Waals surface area (Å²) in [7, 11) is -2.12. The Morgan fingerprint density at radius 2 is 1.86 bits per heavy atom. The van der Waals surface area contributed by atoms with Crippen molar-refractivity contribution in [2.24, 2.45) is 0 Å². The Hall–Kier alpha value is -2.45. The highest BCUT2D eigenvalue weighted by Gasteiger charge is 2.22. The van der Waals surface area contributed by atoms with Crippen LogP contribution in [0.4, 0.5) is 5.69 Å². The topological polar surface area (TPSA) is 73.2 Å². The number of hydrogen-bond acceptors (Lipinski definition) is 5. The molecule has 0 atom stereocenters. The maximum Gasteiger partial charge on any atom is 0.262 e. The van der Waals surface area contributed by atoms with E-state index in [9.17, 15) is 8.42 Å². The van der Waals surface area contributed by atoms with Gasteiger partial charge in [0.2, 0.25) is 0 Å². The van der Waals surface area contributed by atoms with Gasteiger partial charge in [0, 0.05) is 29.7 Å². The number of aromatic nitrogens is 2. The van der Waals surface area contributed by atoms with Gasteiger partial charge in [0.25, 0.3) is 10.0 Å². The third-order valence-electron chi connectivity index (χ3n) is 5.21. The van der Waals surface area contributed by atoms with Crippen molar-refractivity contribution in [3.8, 4) is 17.0 Å². The monoisotopic (exact) mass is 429 g/mol. The molecule has 3 aromatic rings. The van der Waals surface area contributed by atoms with Crippen LogP contribution in [0.2, 0.25) is 0 Å². The van der Waals surface area contributed by atoms with E-state index in [2.05, 4.69) is 14.3 Å². The lowest BCUT2D eigenvalue weighted by Gasteiger charge is -2.16. The molecule has 29 heavy (non-hydrogen) atoms. The van der Waals surface area contributed by atoms with Crippen LogP contribution < -0.4 is 9.46 Å². The molecule has 0 aliphatic carbocycles. The Balaban J connectivity index is 1.60. The van der Waals surface area contributed by atoms with Crippen molar-refractivity contribution in [1.29, 1.82) is 0 Å². The number of sulfonamides is 1. The van der Waals surface area contributed by atoms with Crippen LogP contribution >= 0.6 is 11.8 Å². The van der Waals surface area contributed by atoms with Crippen LogP contribution in [0, 0.1) is 20.8 Å². The largest absolute Gasteiger partial charge is 0.496 e. The Morgan fingerprint density at radius 3 is 2.52 bits per heavy atom. The predicted octanol–water partition coefficient (Wildman–Crippen LogP) is 4.39. The van der Waals surface area contributed by atoms with Crippen molar-refractivity contribution in [2.45, 2.75) is 37.4 Å². The molecule has 0 fully saturated rings. The summed E-state index contributed by atoms with van der Waals surface area (Å²) in [6, 6.07) is 8.96. The molecule has 0 unspecified atom stereocenters. The highest BCUT2D eigenvalue weighted by Crippen LogP contribution is 2.32. The first kappa shape index (κ1) is 19.8. The zero-order chi connectivity index (χ0) is 20.8. The number of methoxy groups -OCH3 is 1. The van der Waals surface area contributed by atoms with Gasteiger partial charge in [-0.1, -0.05) is 23.9 Å². The van der Waals surface area contributed by atoms with E-state index < -0.39 is 10.0 Å². The first-order valence-electron chi connectivity index (χ1n) is 9.28. The van der Waals surface area contributed by atoms with E-state index in [1.54, 1.807) is 44.0 Å². The lowest BCUT2D eigenvalue weighted by molar-refractivity contribution is 0.407. The number of aryl methyl sites for hydroxylation is 2. The van der Waals surface area contributed by atoms with Crippen LogP contribution in [0.3, 0.4) is 0 Å². The molecule has 1 N–H and O–H groups in total. The van der Waals surface area contributed by atoms with E-state index in [1.165, 1.54) is 0 Å². The van der Waals surface area contributed by atoms with Gasteiger partial charge in [-0.25, -0.2) is 13.4 Å². The molecule has 0 radical (unpaired) electrons. The van der Waals surface area contributed by atoms with E-state index in [-0.39, 0.29) is 4.90 Å². The molecule has 2 heterocycles. The summed E-state index contributed by atoms with van der Waals surface area (Å²) in [5.74, 6) is 1.78. The van der Waals surface area contributed by atoms with E-state index in [0.717, 1.165) is 45.6 Å². The van der Waals surface area contributed by atoms with Gasteiger partial charge >= 0.3 is 0 Å². The van der Waals surface area contributed by atoms with Crippen LogP contribution in [0.5, 0.6) is 5.75 Å². The number of hydrogen-bond donors (Lipinski definition) is 1. The van der Waals surface area contributed by atoms with Crippen molar-refractivity contribution in [3.63, 3.8) is 0 Å². The molecule has 0 saturated heterocycles. The lowest BCUT2D eigenvalue weighted by atomic mass is 10.1. The third-order valence-corrected chi connectivity index (χ3v) is 7.69. The number of thioether (sulfide) groups is 1. The second-order valence-electron chi connectivity index (χ2n) is 7.11. The van der Waals surface area contributed by atoms with Crippen molar-refractivity contribution in [2.75, 3.05) is 17.6 Å². The summed E-state index contributed by atoms with van der Waals surface area (Å²) in [6.07, 6.45) is 2.04. The molecule has 1 aliphatic heterocycles. The van der Waals surface area contributed by atoms with E-state index in [0.29, 0.717) is 11.3 Å². The Morgan fingerprint density at radius 1 is 1.14 bits per heavy atom. The summed E-state index contributed by atoms with van der Waals surface area (Å²) in [5, 5.41) is 1.03. The zero-order valence-electron chi connectivity index (χ0n) is 16.8. The van der Waals surface area contributed by atoms with Gasteiger partial charge in [-0.3, -0.25) is 4.72 Å². The van der Waals surface area contributed by atoms with Crippen molar-refractivity contribution >= 4 is 27.5 Å². The number of nitrogens with one attached hydrogen (secondary N) is 1. The summed E-state index contributed by atoms with van der Waals surface area (Å²) >= 11 is 1.75. The van der Waals surface area contributed by atoms with Gasteiger partial charge in [0.05, 0.1) is 17.7 Å². The van der Waals surface area contributed by atoms with Crippen molar-refractivity contribution in [3.05, 3.63) is 53.2 Å². The second kappa shape index (κ2) is 7.42. The summed E-state index contributed by atoms with van der Waals surface area (Å²) in [4.78, 5) is 4.90. The van der Waals surface area contributed by atoms with Gasteiger partial charge in [-0.2, -0.15) is 0 Å². The fourth-order valence-corrected chi connectivity index (χ4v) is 5.97. The molecular weight excluding hydrogens is 406 g/mol. The van der Waals surface area contributed by atoms with Gasteiger partial charge < -0.3 is 9.30 Å². The van der Waals surface area contributed by atoms with E-state index >= 15 is 0 Å². The molecule has 2 aromatic carbocycles. The number of anilines is 1. The molecule has 0 amide bonds. The zero-order valence-corrected chi connectivity index (χ0v) is 18.4. The van der Waals surface area contributed by atoms with E-state index in [4.69, 9.17) is 4.74 Å². The van der Waals surface area contributed by atoms with Crippen molar-refractivity contribution < 1.29 is 13.2 Å². The Bertz CT molecular complexity index is 1160. The third kappa shape index (κ3) is 3.62. The summed E-state index contributed by atoms with van der Waals surface area (Å²) < 4.78 is 36.2. The Kier molecular flexibility index (Phi) is 5.08. The number of nitrogens with zero attached hydrogens (tertiary/aromatic N) is 2. The highest BCUT2D eigenvalue weighted by molar-refractivity contribution is 7.99. The van der Waals surface area contributed by atoms with E-state index in [1.807, 2.05) is 32.2 Å². The first-order valence-corrected chi connectivity index (χ1v) is 11.7. The maximum atomic E-state index is 13.0. The lowest BCUT2D eigenvalue weighted by Crippen LogP contribution is -2.15. The average molecular weight is 430 g/mol. The van der Waals surface area contributed by atoms with Crippen LogP contribution in [-0.2, 0) is 16.6 Å². The molecule has 6 nitrogen and oxygen atoms in total. The van der Waals surface area contributed by atoms with Crippen LogP contribution in [-0.4, -0.2) is 30.8 Å². The fourth-order valence-electron chi connectivity index (χ4n) is 3.58. The predicted molar refractivity (Wildman–Crippen MR) is 116 cm³/mol. The minimum absolute atomic E-state index is 0.264. The quantitative estimate of drug-likeness (QED) is 0.651. The molecule has 152 valence electrons. The molecule has 0 spiro atoms. The minimum atomic E-state index is -3.72. The van der Waals surface area contributed by atoms with Crippen LogP contribution in [0.1, 0.15) is 16.7 Å². The molecule has 4 rings (SSSR count).